The number of allylic oxidation sites excluding steroid dienone is 3. The third-order valence-electron chi connectivity index (χ3n) is 2.90. The molecule has 0 spiro atoms. The highest BCUT2D eigenvalue weighted by Crippen LogP contribution is 2.10. The normalized spacial score (nSPS) is 13.1. The second kappa shape index (κ2) is 11.7. The van der Waals surface area contributed by atoms with E-state index in [4.69, 9.17) is 0 Å². The number of hydrogen-bond acceptors (Lipinski definition) is 1. The van der Waals surface area contributed by atoms with Crippen molar-refractivity contribution in [2.75, 3.05) is 19.6 Å². The van der Waals surface area contributed by atoms with Gasteiger partial charge in [-0.3, -0.25) is 0 Å². The molecule has 0 aliphatic carbocycles. The van der Waals surface area contributed by atoms with Gasteiger partial charge in [0.1, 0.15) is 0 Å². The molecule has 1 nitrogen and oxygen atoms in total. The number of nitrogens with zero attached hydrogens (tertiary/aromatic N) is 1. The molecule has 1 unspecified atom stereocenters. The third-order valence-corrected chi connectivity index (χ3v) is 2.90. The second-order valence-corrected chi connectivity index (χ2v) is 4.55. The molecule has 1 heteroatoms. The highest BCUT2D eigenvalue weighted by atomic mass is 15.1. The van der Waals surface area contributed by atoms with Crippen molar-refractivity contribution in [2.24, 2.45) is 5.92 Å². The van der Waals surface area contributed by atoms with E-state index in [-0.39, 0.29) is 0 Å². The maximum atomic E-state index is 3.95. The fourth-order valence-corrected chi connectivity index (χ4v) is 1.92. The molecule has 0 fully saturated rings. The Bertz CT molecular complexity index is 218. The Balaban J connectivity index is 4.11. The van der Waals surface area contributed by atoms with Crippen molar-refractivity contribution in [2.45, 2.75) is 39.5 Å². The zero-order chi connectivity index (χ0) is 12.9. The highest BCUT2D eigenvalue weighted by Gasteiger charge is 2.09. The van der Waals surface area contributed by atoms with E-state index in [9.17, 15) is 0 Å². The van der Waals surface area contributed by atoms with Crippen LogP contribution in [0, 0.1) is 5.92 Å². The van der Waals surface area contributed by atoms with Crippen molar-refractivity contribution in [3.05, 3.63) is 37.5 Å². The van der Waals surface area contributed by atoms with Crippen molar-refractivity contribution in [1.29, 1.82) is 0 Å². The fraction of sp³-hybridized carbons (Fsp3) is 0.625. The van der Waals surface area contributed by atoms with E-state index in [1.807, 2.05) is 12.2 Å². The first-order valence-corrected chi connectivity index (χ1v) is 6.90. The maximum Gasteiger partial charge on any atom is 0.00472 e. The summed E-state index contributed by atoms with van der Waals surface area (Å²) in [5.74, 6) is 0.564. The monoisotopic (exact) mass is 235 g/mol. The van der Waals surface area contributed by atoms with Gasteiger partial charge in [0.15, 0.2) is 0 Å². The lowest BCUT2D eigenvalue weighted by Crippen LogP contribution is -2.30. The molecule has 0 heterocycles. The molecule has 0 aromatic heterocycles. The van der Waals surface area contributed by atoms with Gasteiger partial charge in [-0.1, -0.05) is 51.2 Å². The van der Waals surface area contributed by atoms with Gasteiger partial charge in [0, 0.05) is 6.54 Å². The molecule has 98 valence electrons. The largest absolute Gasteiger partial charge is 0.303 e. The molecule has 0 aromatic carbocycles. The van der Waals surface area contributed by atoms with E-state index in [0.717, 1.165) is 13.0 Å². The van der Waals surface area contributed by atoms with Gasteiger partial charge in [0.25, 0.3) is 0 Å². The van der Waals surface area contributed by atoms with Crippen LogP contribution in [0.2, 0.25) is 0 Å². The summed E-state index contributed by atoms with van der Waals surface area (Å²) in [5.41, 5.74) is 0. The van der Waals surface area contributed by atoms with Crippen LogP contribution in [0.25, 0.3) is 0 Å². The average Bonchev–Trinajstić information content (AvgIpc) is 2.35. The molecule has 0 radical (unpaired) electrons. The van der Waals surface area contributed by atoms with Crippen LogP contribution in [-0.2, 0) is 0 Å². The van der Waals surface area contributed by atoms with Crippen LogP contribution in [0.4, 0.5) is 0 Å². The van der Waals surface area contributed by atoms with Crippen molar-refractivity contribution >= 4 is 0 Å². The topological polar surface area (TPSA) is 3.24 Å². The summed E-state index contributed by atoms with van der Waals surface area (Å²) in [6.45, 7) is 15.7. The molecule has 0 N–H and O–H groups in total. The third kappa shape index (κ3) is 8.93. The first kappa shape index (κ1) is 16.2. The van der Waals surface area contributed by atoms with Gasteiger partial charge in [-0.2, -0.15) is 0 Å². The van der Waals surface area contributed by atoms with Gasteiger partial charge in [-0.15, -0.1) is 6.58 Å². The van der Waals surface area contributed by atoms with E-state index >= 15 is 0 Å². The minimum absolute atomic E-state index is 0.564. The zero-order valence-electron chi connectivity index (χ0n) is 11.7. The van der Waals surface area contributed by atoms with Crippen LogP contribution in [-0.4, -0.2) is 24.5 Å². The molecular formula is C16H29N. The van der Waals surface area contributed by atoms with E-state index in [2.05, 4.69) is 44.1 Å². The summed E-state index contributed by atoms with van der Waals surface area (Å²) in [5, 5.41) is 0. The highest BCUT2D eigenvalue weighted by molar-refractivity contribution is 4.99. The predicted molar refractivity (Wildman–Crippen MR) is 79.3 cm³/mol. The van der Waals surface area contributed by atoms with E-state index in [1.54, 1.807) is 0 Å². The van der Waals surface area contributed by atoms with Gasteiger partial charge >= 0.3 is 0 Å². The second-order valence-electron chi connectivity index (χ2n) is 4.55. The number of rotatable bonds is 11. The predicted octanol–water partition coefficient (Wildman–Crippen LogP) is 4.43. The molecule has 0 aromatic rings. The number of unbranched alkanes of at least 4 members (excludes halogenated alkanes) is 1. The summed E-state index contributed by atoms with van der Waals surface area (Å²) in [7, 11) is 0. The van der Waals surface area contributed by atoms with Crippen molar-refractivity contribution in [3.8, 4) is 0 Å². The summed E-state index contributed by atoms with van der Waals surface area (Å²) in [6.07, 6.45) is 13.0. The molecule has 17 heavy (non-hydrogen) atoms. The van der Waals surface area contributed by atoms with Gasteiger partial charge in [0.05, 0.1) is 0 Å². The molecule has 1 atom stereocenters. The SMILES string of the molecule is C=C/C=C\CC(C=C)CN(CCC)CCCC. The van der Waals surface area contributed by atoms with Crippen molar-refractivity contribution in [1.82, 2.24) is 4.90 Å². The zero-order valence-corrected chi connectivity index (χ0v) is 11.7. The molecule has 0 saturated carbocycles. The summed E-state index contributed by atoms with van der Waals surface area (Å²) >= 11 is 0. The summed E-state index contributed by atoms with van der Waals surface area (Å²) < 4.78 is 0. The van der Waals surface area contributed by atoms with Crippen molar-refractivity contribution in [3.63, 3.8) is 0 Å². The van der Waals surface area contributed by atoms with E-state index in [1.165, 1.54) is 32.4 Å². The maximum absolute atomic E-state index is 3.95. The van der Waals surface area contributed by atoms with Crippen LogP contribution in [0.5, 0.6) is 0 Å². The standard InChI is InChI=1S/C16H29N/c1-5-9-11-12-16(8-4)15-17(13-7-3)14-10-6-2/h5,8-9,11,16H,1,4,6-7,10,12-15H2,2-3H3/b11-9-. The Kier molecular flexibility index (Phi) is 11.1. The fourth-order valence-electron chi connectivity index (χ4n) is 1.92. The van der Waals surface area contributed by atoms with Crippen LogP contribution in [0.1, 0.15) is 39.5 Å². The van der Waals surface area contributed by atoms with Gasteiger partial charge in [-0.05, 0) is 38.3 Å². The molecule has 0 saturated heterocycles. The van der Waals surface area contributed by atoms with Gasteiger partial charge < -0.3 is 4.90 Å². The van der Waals surface area contributed by atoms with E-state index < -0.39 is 0 Å². The molecule has 0 bridgehead atoms. The molecule has 0 aliphatic heterocycles. The molecule has 0 aliphatic rings. The minimum atomic E-state index is 0.564. The van der Waals surface area contributed by atoms with Gasteiger partial charge in [-0.25, -0.2) is 0 Å². The molecule has 0 amide bonds. The summed E-state index contributed by atoms with van der Waals surface area (Å²) in [4.78, 5) is 2.57. The Morgan fingerprint density at radius 3 is 2.41 bits per heavy atom. The van der Waals surface area contributed by atoms with Crippen LogP contribution < -0.4 is 0 Å². The van der Waals surface area contributed by atoms with Crippen LogP contribution >= 0.6 is 0 Å². The molecule has 0 rings (SSSR count). The number of hydrogen-bond donors (Lipinski definition) is 0. The Labute approximate surface area is 108 Å². The summed E-state index contributed by atoms with van der Waals surface area (Å²) in [6, 6.07) is 0. The minimum Gasteiger partial charge on any atom is -0.303 e. The first-order chi connectivity index (χ1) is 8.28. The Morgan fingerprint density at radius 2 is 1.88 bits per heavy atom. The van der Waals surface area contributed by atoms with Crippen LogP contribution in [0.15, 0.2) is 37.5 Å². The quantitative estimate of drug-likeness (QED) is 0.378. The van der Waals surface area contributed by atoms with Crippen molar-refractivity contribution < 1.29 is 0 Å². The lowest BCUT2D eigenvalue weighted by molar-refractivity contribution is 0.245. The first-order valence-electron chi connectivity index (χ1n) is 6.90. The lowest BCUT2D eigenvalue weighted by Gasteiger charge is -2.25. The van der Waals surface area contributed by atoms with Gasteiger partial charge in [0.2, 0.25) is 0 Å². The smallest absolute Gasteiger partial charge is 0.00472 e. The average molecular weight is 235 g/mol. The Morgan fingerprint density at radius 1 is 1.12 bits per heavy atom. The van der Waals surface area contributed by atoms with Crippen LogP contribution in [0.3, 0.4) is 0 Å². The molecular weight excluding hydrogens is 206 g/mol. The van der Waals surface area contributed by atoms with E-state index in [0.29, 0.717) is 5.92 Å². The Hall–Kier alpha value is -0.820. The lowest BCUT2D eigenvalue weighted by atomic mass is 10.0.